The molecule has 1 saturated heterocycles. The zero-order valence-electron chi connectivity index (χ0n) is 20.8. The SMILES string of the molecule is C[C@@H]1CN(CCCN(C(=O)Nc2cc(Cl)nc(Cl)c2)[C@H]2CC[C@]3(c4cnc(CN)s4)C[C@H]23)[C@@H](C)CN1. The molecule has 0 aromatic carbocycles. The van der Waals surface area contributed by atoms with Crippen LogP contribution in [-0.2, 0) is 12.0 Å². The minimum Gasteiger partial charge on any atom is -0.325 e. The molecular weight excluding hydrogens is 517 g/mol. The van der Waals surface area contributed by atoms with Gasteiger partial charge in [-0.2, -0.15) is 0 Å². The van der Waals surface area contributed by atoms with Crippen molar-refractivity contribution in [2.24, 2.45) is 11.7 Å². The molecule has 8 nitrogen and oxygen atoms in total. The van der Waals surface area contributed by atoms with Crippen molar-refractivity contribution < 1.29 is 4.79 Å². The average Bonchev–Trinajstić information content (AvgIpc) is 3.18. The molecule has 2 amide bonds. The molecule has 3 aliphatic rings. The normalized spacial score (nSPS) is 29.7. The van der Waals surface area contributed by atoms with Crippen LogP contribution in [0.2, 0.25) is 10.3 Å². The number of hydrogen-bond acceptors (Lipinski definition) is 7. The molecule has 2 aromatic heterocycles. The largest absolute Gasteiger partial charge is 0.325 e. The third-order valence-electron chi connectivity index (χ3n) is 8.12. The highest BCUT2D eigenvalue weighted by atomic mass is 35.5. The van der Waals surface area contributed by atoms with Crippen LogP contribution in [0, 0.1) is 5.92 Å². The standard InChI is InChI=1S/C25H35Cl2N7OS/c1-15-14-33(16(2)12-29-15)6-3-7-34(24(35)31-17-8-21(26)32-22(27)9-17)19-4-5-25(10-18(19)25)20-13-30-23(11-28)36-20/h8-9,13,15-16,18-19,29H,3-7,10-12,14,28H2,1-2H3,(H,31,32,35)/t15-,16+,18-,19+,25+/m1/s1. The number of fused-ring (bicyclic) bond motifs is 1. The van der Waals surface area contributed by atoms with Gasteiger partial charge in [0, 0.05) is 73.0 Å². The highest BCUT2D eigenvalue weighted by Crippen LogP contribution is 2.66. The number of nitrogens with one attached hydrogen (secondary N) is 2. The molecule has 5 rings (SSSR count). The lowest BCUT2D eigenvalue weighted by Crippen LogP contribution is -2.54. The summed E-state index contributed by atoms with van der Waals surface area (Å²) in [5.41, 5.74) is 6.54. The maximum Gasteiger partial charge on any atom is 0.322 e. The lowest BCUT2D eigenvalue weighted by Gasteiger charge is -2.38. The highest BCUT2D eigenvalue weighted by Gasteiger charge is 2.64. The summed E-state index contributed by atoms with van der Waals surface area (Å²) in [5.74, 6) is 0.456. The van der Waals surface area contributed by atoms with E-state index in [4.69, 9.17) is 28.9 Å². The van der Waals surface area contributed by atoms with Gasteiger partial charge in [0.25, 0.3) is 0 Å². The molecule has 2 aliphatic carbocycles. The Hall–Kier alpha value is -1.49. The Balaban J connectivity index is 1.30. The Labute approximate surface area is 226 Å². The van der Waals surface area contributed by atoms with Crippen molar-refractivity contribution in [2.45, 2.75) is 69.6 Å². The number of amides is 2. The maximum absolute atomic E-state index is 13.6. The Kier molecular flexibility index (Phi) is 7.77. The van der Waals surface area contributed by atoms with E-state index >= 15 is 0 Å². The molecule has 0 radical (unpaired) electrons. The molecule has 2 aromatic rings. The zero-order valence-corrected chi connectivity index (χ0v) is 23.2. The van der Waals surface area contributed by atoms with Crippen molar-refractivity contribution in [1.82, 2.24) is 25.1 Å². The average molecular weight is 553 g/mol. The second-order valence-electron chi connectivity index (χ2n) is 10.5. The minimum atomic E-state index is -0.102. The van der Waals surface area contributed by atoms with Crippen LogP contribution in [0.3, 0.4) is 0 Å². The number of aromatic nitrogens is 2. The molecule has 0 unspecified atom stereocenters. The van der Waals surface area contributed by atoms with Gasteiger partial charge in [0.2, 0.25) is 0 Å². The fourth-order valence-electron chi connectivity index (χ4n) is 6.15. The van der Waals surface area contributed by atoms with Gasteiger partial charge in [0.05, 0.1) is 0 Å². The van der Waals surface area contributed by atoms with Crippen LogP contribution in [0.1, 0.15) is 49.4 Å². The fraction of sp³-hybridized carbons (Fsp3) is 0.640. The number of nitrogens with two attached hydrogens (primary N) is 1. The fourth-order valence-corrected chi connectivity index (χ4v) is 7.70. The van der Waals surface area contributed by atoms with Gasteiger partial charge in [0.1, 0.15) is 15.3 Å². The number of pyridine rings is 1. The Morgan fingerprint density at radius 3 is 2.83 bits per heavy atom. The summed E-state index contributed by atoms with van der Waals surface area (Å²) < 4.78 is 0. The van der Waals surface area contributed by atoms with Crippen molar-refractivity contribution in [2.75, 3.05) is 31.5 Å². The first-order valence-corrected chi connectivity index (χ1v) is 14.4. The number of carbonyl (C=O) groups excluding carboxylic acids is 1. The van der Waals surface area contributed by atoms with Gasteiger partial charge in [-0.3, -0.25) is 4.90 Å². The van der Waals surface area contributed by atoms with Crippen LogP contribution < -0.4 is 16.4 Å². The molecule has 36 heavy (non-hydrogen) atoms. The number of anilines is 1. The van der Waals surface area contributed by atoms with Crippen molar-refractivity contribution in [3.8, 4) is 0 Å². The zero-order chi connectivity index (χ0) is 25.4. The number of rotatable bonds is 8. The van der Waals surface area contributed by atoms with Gasteiger partial charge < -0.3 is 21.3 Å². The van der Waals surface area contributed by atoms with Crippen LogP contribution in [0.15, 0.2) is 18.3 Å². The molecule has 5 atom stereocenters. The number of hydrogen-bond donors (Lipinski definition) is 3. The Morgan fingerprint density at radius 2 is 2.14 bits per heavy atom. The van der Waals surface area contributed by atoms with E-state index in [2.05, 4.69) is 44.2 Å². The van der Waals surface area contributed by atoms with Crippen molar-refractivity contribution in [1.29, 1.82) is 0 Å². The second-order valence-corrected chi connectivity index (χ2v) is 12.4. The number of thiazole rings is 1. The molecule has 1 aliphatic heterocycles. The first-order valence-electron chi connectivity index (χ1n) is 12.8. The summed E-state index contributed by atoms with van der Waals surface area (Å²) in [6.07, 6.45) is 6.11. The molecule has 4 N–H and O–H groups in total. The summed E-state index contributed by atoms with van der Waals surface area (Å²) in [6.45, 7) is 8.68. The molecule has 3 heterocycles. The maximum atomic E-state index is 13.6. The summed E-state index contributed by atoms with van der Waals surface area (Å²) in [5, 5.41) is 8.08. The van der Waals surface area contributed by atoms with Crippen LogP contribution in [-0.4, -0.2) is 70.1 Å². The van der Waals surface area contributed by atoms with Gasteiger partial charge in [0.15, 0.2) is 0 Å². The molecule has 0 spiro atoms. The third kappa shape index (κ3) is 5.37. The lowest BCUT2D eigenvalue weighted by atomic mass is 10.0. The van der Waals surface area contributed by atoms with Gasteiger partial charge in [-0.05, 0) is 57.6 Å². The van der Waals surface area contributed by atoms with Gasteiger partial charge in [-0.15, -0.1) is 11.3 Å². The minimum absolute atomic E-state index is 0.102. The van der Waals surface area contributed by atoms with Crippen molar-refractivity contribution >= 4 is 46.3 Å². The van der Waals surface area contributed by atoms with Crippen molar-refractivity contribution in [3.05, 3.63) is 38.5 Å². The van der Waals surface area contributed by atoms with Gasteiger partial charge in [-0.1, -0.05) is 23.2 Å². The summed E-state index contributed by atoms with van der Waals surface area (Å²) in [7, 11) is 0. The van der Waals surface area contributed by atoms with Gasteiger partial charge in [-0.25, -0.2) is 14.8 Å². The number of piperazine rings is 1. The van der Waals surface area contributed by atoms with Crippen LogP contribution in [0.4, 0.5) is 10.5 Å². The molecular formula is C25H35Cl2N7OS. The van der Waals surface area contributed by atoms with E-state index in [0.29, 0.717) is 36.8 Å². The topological polar surface area (TPSA) is 99.4 Å². The predicted octanol–water partition coefficient (Wildman–Crippen LogP) is 4.33. The van der Waals surface area contributed by atoms with Crippen molar-refractivity contribution in [3.63, 3.8) is 0 Å². The van der Waals surface area contributed by atoms with E-state index in [1.54, 1.807) is 23.5 Å². The summed E-state index contributed by atoms with van der Waals surface area (Å²) in [6, 6.07) is 4.34. The Bertz CT molecular complexity index is 1080. The van der Waals surface area contributed by atoms with E-state index in [1.807, 2.05) is 6.20 Å². The van der Waals surface area contributed by atoms with Crippen LogP contribution in [0.25, 0.3) is 0 Å². The van der Waals surface area contributed by atoms with E-state index in [1.165, 1.54) is 4.88 Å². The molecule has 0 bridgehead atoms. The van der Waals surface area contributed by atoms with Gasteiger partial charge >= 0.3 is 6.03 Å². The lowest BCUT2D eigenvalue weighted by molar-refractivity contribution is 0.132. The second kappa shape index (κ2) is 10.7. The molecule has 3 fully saturated rings. The van der Waals surface area contributed by atoms with Crippen LogP contribution >= 0.6 is 34.5 Å². The molecule has 11 heteroatoms. The predicted molar refractivity (Wildman–Crippen MR) is 146 cm³/mol. The van der Waals surface area contributed by atoms with E-state index in [0.717, 1.165) is 50.3 Å². The van der Waals surface area contributed by atoms with E-state index < -0.39 is 0 Å². The Morgan fingerprint density at radius 1 is 1.36 bits per heavy atom. The summed E-state index contributed by atoms with van der Waals surface area (Å²) in [4.78, 5) is 28.0. The third-order valence-corrected chi connectivity index (χ3v) is 9.74. The first kappa shape index (κ1) is 26.1. The highest BCUT2D eigenvalue weighted by molar-refractivity contribution is 7.11. The number of carbonyl (C=O) groups is 1. The number of urea groups is 1. The first-order chi connectivity index (χ1) is 17.3. The number of nitrogens with zero attached hydrogens (tertiary/aromatic N) is 4. The van der Waals surface area contributed by atoms with Crippen LogP contribution in [0.5, 0.6) is 0 Å². The monoisotopic (exact) mass is 551 g/mol. The number of halogens is 2. The van der Waals surface area contributed by atoms with E-state index in [9.17, 15) is 4.79 Å². The quantitative estimate of drug-likeness (QED) is 0.422. The smallest absolute Gasteiger partial charge is 0.322 e. The molecule has 2 saturated carbocycles. The van der Waals surface area contributed by atoms with E-state index in [-0.39, 0.29) is 27.8 Å². The summed E-state index contributed by atoms with van der Waals surface area (Å²) >= 11 is 13.9. The molecule has 196 valence electrons.